The second kappa shape index (κ2) is 4.45. The Morgan fingerprint density at radius 2 is 2.20 bits per heavy atom. The van der Waals surface area contributed by atoms with Crippen molar-refractivity contribution >= 4 is 21.7 Å². The molecule has 1 aromatic rings. The predicted molar refractivity (Wildman–Crippen MR) is 62.1 cm³/mol. The number of nitrogens with zero attached hydrogens (tertiary/aromatic N) is 2. The van der Waals surface area contributed by atoms with Crippen LogP contribution in [0.5, 0.6) is 0 Å². The second-order valence-electron chi connectivity index (χ2n) is 3.72. The molecule has 0 aromatic carbocycles. The summed E-state index contributed by atoms with van der Waals surface area (Å²) in [4.78, 5) is 8.65. The van der Waals surface area contributed by atoms with Crippen LogP contribution in [-0.2, 0) is 4.74 Å². The number of rotatable bonds is 2. The molecule has 0 aliphatic carbocycles. The Hall–Kier alpha value is -0.680. The molecule has 1 aromatic heterocycles. The Morgan fingerprint density at radius 3 is 2.87 bits per heavy atom. The van der Waals surface area contributed by atoms with Gasteiger partial charge in [0, 0.05) is 6.61 Å². The van der Waals surface area contributed by atoms with Gasteiger partial charge in [-0.1, -0.05) is 0 Å². The molecule has 1 aliphatic heterocycles. The SMILES string of the molecule is Cc1nc(C)c(Br)c(NC2CCOC2)n1. The summed E-state index contributed by atoms with van der Waals surface area (Å²) in [6, 6.07) is 0.370. The van der Waals surface area contributed by atoms with Crippen LogP contribution >= 0.6 is 15.9 Å². The summed E-state index contributed by atoms with van der Waals surface area (Å²) in [7, 11) is 0. The zero-order valence-corrected chi connectivity index (χ0v) is 10.5. The smallest absolute Gasteiger partial charge is 0.144 e. The first-order valence-corrected chi connectivity index (χ1v) is 5.81. The van der Waals surface area contributed by atoms with Gasteiger partial charge in [0.15, 0.2) is 0 Å². The van der Waals surface area contributed by atoms with Crippen LogP contribution in [0.15, 0.2) is 4.47 Å². The van der Waals surface area contributed by atoms with Crippen LogP contribution in [0.4, 0.5) is 5.82 Å². The molecule has 0 amide bonds. The van der Waals surface area contributed by atoms with Crippen molar-refractivity contribution in [3.05, 3.63) is 16.0 Å². The van der Waals surface area contributed by atoms with Crippen LogP contribution in [0, 0.1) is 13.8 Å². The molecule has 0 saturated carbocycles. The van der Waals surface area contributed by atoms with E-state index in [1.54, 1.807) is 0 Å². The van der Waals surface area contributed by atoms with Gasteiger partial charge in [-0.3, -0.25) is 0 Å². The van der Waals surface area contributed by atoms with Crippen LogP contribution < -0.4 is 5.32 Å². The average Bonchev–Trinajstić information content (AvgIpc) is 2.66. The number of halogens is 1. The number of hydrogen-bond acceptors (Lipinski definition) is 4. The quantitative estimate of drug-likeness (QED) is 0.895. The minimum absolute atomic E-state index is 0.370. The normalized spacial score (nSPS) is 20.6. The maximum atomic E-state index is 5.31. The van der Waals surface area contributed by atoms with Crippen molar-refractivity contribution in [2.75, 3.05) is 18.5 Å². The van der Waals surface area contributed by atoms with Gasteiger partial charge in [-0.25, -0.2) is 9.97 Å². The first kappa shape index (κ1) is 10.8. The van der Waals surface area contributed by atoms with Crippen molar-refractivity contribution in [3.63, 3.8) is 0 Å². The predicted octanol–water partition coefficient (Wildman–Crippen LogP) is 2.06. The Morgan fingerprint density at radius 1 is 1.40 bits per heavy atom. The van der Waals surface area contributed by atoms with Crippen LogP contribution in [-0.4, -0.2) is 29.2 Å². The standard InChI is InChI=1S/C10H14BrN3O/c1-6-9(11)10(13-7(2)12-6)14-8-3-4-15-5-8/h8H,3-5H2,1-2H3,(H,12,13,14). The molecule has 5 heteroatoms. The number of nitrogens with one attached hydrogen (secondary N) is 1. The molecule has 0 bridgehead atoms. The number of aryl methyl sites for hydroxylation is 2. The van der Waals surface area contributed by atoms with E-state index in [-0.39, 0.29) is 0 Å². The van der Waals surface area contributed by atoms with Crippen molar-refractivity contribution in [2.24, 2.45) is 0 Å². The fourth-order valence-electron chi connectivity index (χ4n) is 1.64. The van der Waals surface area contributed by atoms with E-state index in [9.17, 15) is 0 Å². The molecule has 1 aliphatic rings. The first-order valence-electron chi connectivity index (χ1n) is 5.02. The molecule has 2 heterocycles. The maximum Gasteiger partial charge on any atom is 0.144 e. The third-order valence-corrected chi connectivity index (χ3v) is 3.35. The van der Waals surface area contributed by atoms with Gasteiger partial charge in [0.1, 0.15) is 11.6 Å². The van der Waals surface area contributed by atoms with Gasteiger partial charge >= 0.3 is 0 Å². The summed E-state index contributed by atoms with van der Waals surface area (Å²) >= 11 is 3.49. The maximum absolute atomic E-state index is 5.31. The monoisotopic (exact) mass is 271 g/mol. The van der Waals surface area contributed by atoms with E-state index < -0.39 is 0 Å². The summed E-state index contributed by atoms with van der Waals surface area (Å²) in [6.07, 6.45) is 1.04. The van der Waals surface area contributed by atoms with Crippen LogP contribution in [0.1, 0.15) is 17.9 Å². The summed E-state index contributed by atoms with van der Waals surface area (Å²) < 4.78 is 6.25. The van der Waals surface area contributed by atoms with E-state index in [1.165, 1.54) is 0 Å². The van der Waals surface area contributed by atoms with E-state index >= 15 is 0 Å². The summed E-state index contributed by atoms with van der Waals surface area (Å²) in [5.41, 5.74) is 0.962. The molecule has 2 rings (SSSR count). The van der Waals surface area contributed by atoms with Crippen LogP contribution in [0.3, 0.4) is 0 Å². The van der Waals surface area contributed by atoms with E-state index in [0.29, 0.717) is 6.04 Å². The number of aromatic nitrogens is 2. The molecule has 0 spiro atoms. The van der Waals surface area contributed by atoms with Crippen molar-refractivity contribution in [3.8, 4) is 0 Å². The zero-order valence-electron chi connectivity index (χ0n) is 8.88. The molecule has 1 atom stereocenters. The van der Waals surface area contributed by atoms with Gasteiger partial charge in [0.2, 0.25) is 0 Å². The van der Waals surface area contributed by atoms with E-state index in [0.717, 1.165) is 41.4 Å². The highest BCUT2D eigenvalue weighted by Gasteiger charge is 2.17. The minimum atomic E-state index is 0.370. The molecule has 4 nitrogen and oxygen atoms in total. The van der Waals surface area contributed by atoms with Crippen LogP contribution in [0.2, 0.25) is 0 Å². The van der Waals surface area contributed by atoms with Crippen molar-refractivity contribution in [2.45, 2.75) is 26.3 Å². The Kier molecular flexibility index (Phi) is 3.21. The van der Waals surface area contributed by atoms with Gasteiger partial charge in [-0.2, -0.15) is 0 Å². The molecule has 15 heavy (non-hydrogen) atoms. The molecule has 1 saturated heterocycles. The second-order valence-corrected chi connectivity index (χ2v) is 4.52. The van der Waals surface area contributed by atoms with Crippen molar-refractivity contribution < 1.29 is 4.74 Å². The Balaban J connectivity index is 2.19. The van der Waals surface area contributed by atoms with Gasteiger partial charge in [-0.05, 0) is 36.2 Å². The molecular weight excluding hydrogens is 258 g/mol. The first-order chi connectivity index (χ1) is 7.16. The molecule has 0 radical (unpaired) electrons. The third-order valence-electron chi connectivity index (χ3n) is 2.40. The van der Waals surface area contributed by atoms with Gasteiger partial charge < -0.3 is 10.1 Å². The lowest BCUT2D eigenvalue weighted by molar-refractivity contribution is 0.195. The van der Waals surface area contributed by atoms with E-state index in [2.05, 4.69) is 31.2 Å². The van der Waals surface area contributed by atoms with E-state index in [4.69, 9.17) is 4.74 Å². The van der Waals surface area contributed by atoms with Gasteiger partial charge in [0.25, 0.3) is 0 Å². The highest BCUT2D eigenvalue weighted by molar-refractivity contribution is 9.10. The summed E-state index contributed by atoms with van der Waals surface area (Å²) in [6.45, 7) is 5.46. The topological polar surface area (TPSA) is 47.0 Å². The molecule has 1 unspecified atom stereocenters. The summed E-state index contributed by atoms with van der Waals surface area (Å²) in [5, 5.41) is 3.37. The highest BCUT2D eigenvalue weighted by atomic mass is 79.9. The molecule has 1 fully saturated rings. The highest BCUT2D eigenvalue weighted by Crippen LogP contribution is 2.24. The third kappa shape index (κ3) is 2.46. The van der Waals surface area contributed by atoms with E-state index in [1.807, 2.05) is 13.8 Å². The number of hydrogen-bond donors (Lipinski definition) is 1. The van der Waals surface area contributed by atoms with Crippen molar-refractivity contribution in [1.82, 2.24) is 9.97 Å². The van der Waals surface area contributed by atoms with Crippen molar-refractivity contribution in [1.29, 1.82) is 0 Å². The lowest BCUT2D eigenvalue weighted by Gasteiger charge is -2.14. The molecule has 1 N–H and O–H groups in total. The molecule has 82 valence electrons. The van der Waals surface area contributed by atoms with Gasteiger partial charge in [-0.15, -0.1) is 0 Å². The fraction of sp³-hybridized carbons (Fsp3) is 0.600. The van der Waals surface area contributed by atoms with Crippen LogP contribution in [0.25, 0.3) is 0 Å². The Labute approximate surface area is 97.6 Å². The zero-order chi connectivity index (χ0) is 10.8. The summed E-state index contributed by atoms with van der Waals surface area (Å²) in [5.74, 6) is 1.66. The lowest BCUT2D eigenvalue weighted by atomic mass is 10.2. The minimum Gasteiger partial charge on any atom is -0.379 e. The average molecular weight is 272 g/mol. The van der Waals surface area contributed by atoms with Gasteiger partial charge in [0.05, 0.1) is 22.8 Å². The number of anilines is 1. The number of ether oxygens (including phenoxy) is 1. The molecular formula is C10H14BrN3O. The fourth-order valence-corrected chi connectivity index (χ4v) is 1.93. The lowest BCUT2D eigenvalue weighted by Crippen LogP contribution is -2.20. The Bertz CT molecular complexity index is 364. The largest absolute Gasteiger partial charge is 0.379 e.